The van der Waals surface area contributed by atoms with Crippen molar-refractivity contribution in [1.29, 1.82) is 0 Å². The summed E-state index contributed by atoms with van der Waals surface area (Å²) in [5.41, 5.74) is 0. The molecule has 1 rings (SSSR count). The Bertz CT molecular complexity index is 260. The van der Waals surface area contributed by atoms with Gasteiger partial charge in [0.15, 0.2) is 0 Å². The lowest BCUT2D eigenvalue weighted by molar-refractivity contribution is 0.132. The normalized spacial score (nSPS) is 10.8. The smallest absolute Gasteiger partial charge is 0.122 e. The molecule has 1 heterocycles. The van der Waals surface area contributed by atoms with Crippen molar-refractivity contribution in [3.63, 3.8) is 0 Å². The van der Waals surface area contributed by atoms with Crippen LogP contribution >= 0.6 is 0 Å². The van der Waals surface area contributed by atoms with Gasteiger partial charge in [-0.3, -0.25) is 0 Å². The molecule has 0 amide bonds. The van der Waals surface area contributed by atoms with E-state index in [2.05, 4.69) is 17.2 Å². The van der Waals surface area contributed by atoms with Crippen LogP contribution in [0, 0.1) is 0 Å². The molecular weight excluding hydrogens is 190 g/mol. The van der Waals surface area contributed by atoms with Gasteiger partial charge in [0.05, 0.1) is 13.2 Å². The standard InChI is InChI=1S/C11H21N3O/c1-3-4-8-15-9-6-12-10-11-13-5-7-14(11)2/h5,7,12H,3-4,6,8-10H2,1-2H3. The number of rotatable bonds is 8. The summed E-state index contributed by atoms with van der Waals surface area (Å²) in [6, 6.07) is 0. The molecule has 4 nitrogen and oxygen atoms in total. The first-order valence-corrected chi connectivity index (χ1v) is 5.59. The second-order valence-corrected chi connectivity index (χ2v) is 3.60. The third kappa shape index (κ3) is 4.95. The van der Waals surface area contributed by atoms with E-state index in [1.807, 2.05) is 24.0 Å². The van der Waals surface area contributed by atoms with Gasteiger partial charge in [-0.15, -0.1) is 0 Å². The van der Waals surface area contributed by atoms with E-state index in [0.29, 0.717) is 0 Å². The molecule has 4 heteroatoms. The number of aryl methyl sites for hydroxylation is 1. The lowest BCUT2D eigenvalue weighted by atomic mass is 10.4. The molecule has 0 aliphatic carbocycles. The van der Waals surface area contributed by atoms with Crippen LogP contribution in [0.4, 0.5) is 0 Å². The average molecular weight is 211 g/mol. The van der Waals surface area contributed by atoms with E-state index < -0.39 is 0 Å². The van der Waals surface area contributed by atoms with Crippen LogP contribution in [0.3, 0.4) is 0 Å². The Morgan fingerprint density at radius 3 is 3.00 bits per heavy atom. The molecule has 15 heavy (non-hydrogen) atoms. The summed E-state index contributed by atoms with van der Waals surface area (Å²) in [5, 5.41) is 3.30. The summed E-state index contributed by atoms with van der Waals surface area (Å²) in [6.07, 6.45) is 6.11. The Kier molecular flexibility index (Phi) is 6.04. The number of imidazole rings is 1. The van der Waals surface area contributed by atoms with E-state index in [-0.39, 0.29) is 0 Å². The molecule has 1 N–H and O–H groups in total. The summed E-state index contributed by atoms with van der Waals surface area (Å²) in [6.45, 7) is 5.52. The summed E-state index contributed by atoms with van der Waals surface area (Å²) < 4.78 is 7.45. The first kappa shape index (κ1) is 12.2. The van der Waals surface area contributed by atoms with E-state index >= 15 is 0 Å². The highest BCUT2D eigenvalue weighted by Crippen LogP contribution is 1.92. The van der Waals surface area contributed by atoms with Crippen LogP contribution in [0.5, 0.6) is 0 Å². The van der Waals surface area contributed by atoms with E-state index in [1.165, 1.54) is 6.42 Å². The zero-order valence-corrected chi connectivity index (χ0v) is 9.70. The number of ether oxygens (including phenoxy) is 1. The fourth-order valence-electron chi connectivity index (χ4n) is 1.26. The number of nitrogens with zero attached hydrogens (tertiary/aromatic N) is 2. The molecule has 1 aromatic rings. The maximum atomic E-state index is 5.43. The number of hydrogen-bond acceptors (Lipinski definition) is 3. The minimum Gasteiger partial charge on any atom is -0.380 e. The molecule has 0 unspecified atom stereocenters. The van der Waals surface area contributed by atoms with Gasteiger partial charge in [-0.1, -0.05) is 13.3 Å². The summed E-state index contributed by atoms with van der Waals surface area (Å²) >= 11 is 0. The SMILES string of the molecule is CCCCOCCNCc1nccn1C. The van der Waals surface area contributed by atoms with Crippen molar-refractivity contribution < 1.29 is 4.74 Å². The molecule has 0 spiro atoms. The van der Waals surface area contributed by atoms with Gasteiger partial charge >= 0.3 is 0 Å². The Morgan fingerprint density at radius 1 is 1.47 bits per heavy atom. The highest BCUT2D eigenvalue weighted by molar-refractivity contribution is 4.90. The monoisotopic (exact) mass is 211 g/mol. The van der Waals surface area contributed by atoms with Crippen LogP contribution in [0.15, 0.2) is 12.4 Å². The molecule has 1 aromatic heterocycles. The maximum Gasteiger partial charge on any atom is 0.122 e. The average Bonchev–Trinajstić information content (AvgIpc) is 2.63. The van der Waals surface area contributed by atoms with E-state index in [1.54, 1.807) is 0 Å². The molecule has 0 aliphatic heterocycles. The predicted molar refractivity (Wildman–Crippen MR) is 60.6 cm³/mol. The first-order valence-electron chi connectivity index (χ1n) is 5.59. The lowest BCUT2D eigenvalue weighted by Gasteiger charge is -2.05. The number of unbranched alkanes of at least 4 members (excludes halogenated alkanes) is 1. The molecule has 0 aliphatic rings. The van der Waals surface area contributed by atoms with Crippen LogP contribution in [0.1, 0.15) is 25.6 Å². The fourth-order valence-corrected chi connectivity index (χ4v) is 1.26. The summed E-state index contributed by atoms with van der Waals surface area (Å²) in [4.78, 5) is 4.22. The molecule has 0 fully saturated rings. The Labute approximate surface area is 91.7 Å². The third-order valence-electron chi connectivity index (χ3n) is 2.27. The van der Waals surface area contributed by atoms with Crippen LogP contribution in [0.2, 0.25) is 0 Å². The molecular formula is C11H21N3O. The molecule has 0 aromatic carbocycles. The lowest BCUT2D eigenvalue weighted by Crippen LogP contribution is -2.21. The highest BCUT2D eigenvalue weighted by atomic mass is 16.5. The van der Waals surface area contributed by atoms with E-state index in [0.717, 1.165) is 38.5 Å². The zero-order chi connectivity index (χ0) is 10.9. The van der Waals surface area contributed by atoms with E-state index in [4.69, 9.17) is 4.74 Å². The largest absolute Gasteiger partial charge is 0.380 e. The Balaban J connectivity index is 1.96. The van der Waals surface area contributed by atoms with Gasteiger partial charge in [0, 0.05) is 32.6 Å². The molecule has 86 valence electrons. The third-order valence-corrected chi connectivity index (χ3v) is 2.27. The van der Waals surface area contributed by atoms with Gasteiger partial charge in [0.1, 0.15) is 5.82 Å². The second-order valence-electron chi connectivity index (χ2n) is 3.60. The zero-order valence-electron chi connectivity index (χ0n) is 9.70. The van der Waals surface area contributed by atoms with Gasteiger partial charge in [0.25, 0.3) is 0 Å². The van der Waals surface area contributed by atoms with Gasteiger partial charge in [-0.25, -0.2) is 4.98 Å². The Morgan fingerprint density at radius 2 is 2.33 bits per heavy atom. The van der Waals surface area contributed by atoms with Crippen LogP contribution < -0.4 is 5.32 Å². The second kappa shape index (κ2) is 7.43. The predicted octanol–water partition coefficient (Wildman–Crippen LogP) is 1.33. The van der Waals surface area contributed by atoms with Crippen LogP contribution in [-0.4, -0.2) is 29.3 Å². The molecule has 0 atom stereocenters. The minimum atomic E-state index is 0.782. The van der Waals surface area contributed by atoms with Crippen molar-refractivity contribution >= 4 is 0 Å². The molecule has 0 saturated carbocycles. The van der Waals surface area contributed by atoms with Gasteiger partial charge in [0.2, 0.25) is 0 Å². The number of nitrogens with one attached hydrogen (secondary N) is 1. The van der Waals surface area contributed by atoms with Gasteiger partial charge in [-0.05, 0) is 6.42 Å². The summed E-state index contributed by atoms with van der Waals surface area (Å²) in [7, 11) is 2.00. The summed E-state index contributed by atoms with van der Waals surface area (Å²) in [5.74, 6) is 1.06. The van der Waals surface area contributed by atoms with Crippen molar-refractivity contribution in [1.82, 2.24) is 14.9 Å². The van der Waals surface area contributed by atoms with Crippen LogP contribution in [0.25, 0.3) is 0 Å². The number of aromatic nitrogens is 2. The Hall–Kier alpha value is -0.870. The molecule has 0 radical (unpaired) electrons. The highest BCUT2D eigenvalue weighted by Gasteiger charge is 1.96. The van der Waals surface area contributed by atoms with E-state index in [9.17, 15) is 0 Å². The van der Waals surface area contributed by atoms with Crippen molar-refractivity contribution in [3.05, 3.63) is 18.2 Å². The molecule has 0 bridgehead atoms. The van der Waals surface area contributed by atoms with Crippen LogP contribution in [-0.2, 0) is 18.3 Å². The fraction of sp³-hybridized carbons (Fsp3) is 0.727. The van der Waals surface area contributed by atoms with Crippen molar-refractivity contribution in [2.45, 2.75) is 26.3 Å². The van der Waals surface area contributed by atoms with Crippen molar-refractivity contribution in [2.75, 3.05) is 19.8 Å². The van der Waals surface area contributed by atoms with Crippen molar-refractivity contribution in [2.24, 2.45) is 7.05 Å². The van der Waals surface area contributed by atoms with Gasteiger partial charge in [-0.2, -0.15) is 0 Å². The minimum absolute atomic E-state index is 0.782. The number of hydrogen-bond donors (Lipinski definition) is 1. The quantitative estimate of drug-likeness (QED) is 0.659. The first-order chi connectivity index (χ1) is 7.34. The topological polar surface area (TPSA) is 39.1 Å². The maximum absolute atomic E-state index is 5.43. The van der Waals surface area contributed by atoms with Gasteiger partial charge < -0.3 is 14.6 Å². The van der Waals surface area contributed by atoms with Crippen molar-refractivity contribution in [3.8, 4) is 0 Å². The molecule has 0 saturated heterocycles.